The van der Waals surface area contributed by atoms with Gasteiger partial charge in [0.2, 0.25) is 0 Å². The molecule has 0 aliphatic carbocycles. The van der Waals surface area contributed by atoms with E-state index in [-0.39, 0.29) is 0 Å². The summed E-state index contributed by atoms with van der Waals surface area (Å²) in [5, 5.41) is 0. The Morgan fingerprint density at radius 1 is 1.44 bits per heavy atom. The zero-order valence-corrected chi connectivity index (χ0v) is 11.6. The minimum absolute atomic E-state index is 0.769. The number of nitrogens with two attached hydrogens (primary N) is 1. The van der Waals surface area contributed by atoms with Crippen LogP contribution < -0.4 is 5.73 Å². The molecule has 0 saturated carbocycles. The Labute approximate surface area is 107 Å². The van der Waals surface area contributed by atoms with Crippen LogP contribution in [0.5, 0.6) is 0 Å². The Bertz CT molecular complexity index is 319. The minimum atomic E-state index is 0.769. The minimum Gasteiger partial charge on any atom is -0.330 e. The lowest BCUT2D eigenvalue weighted by Gasteiger charge is -2.02. The predicted molar refractivity (Wildman–Crippen MR) is 77.1 cm³/mol. The molecular weight excluding hydrogens is 236 g/mol. The zero-order chi connectivity index (χ0) is 11.8. The summed E-state index contributed by atoms with van der Waals surface area (Å²) in [7, 11) is 4.15. The van der Waals surface area contributed by atoms with Crippen molar-refractivity contribution in [2.45, 2.75) is 5.75 Å². The third-order valence-electron chi connectivity index (χ3n) is 1.94. The Kier molecular flexibility index (Phi) is 6.80. The van der Waals surface area contributed by atoms with Crippen LogP contribution in [0, 0.1) is 0 Å². The largest absolute Gasteiger partial charge is 0.330 e. The van der Waals surface area contributed by atoms with Gasteiger partial charge in [0, 0.05) is 34.3 Å². The maximum Gasteiger partial charge on any atom is 0.0279 e. The number of nitrogens with zero attached hydrogens (tertiary/aromatic N) is 1. The van der Waals surface area contributed by atoms with E-state index in [4.69, 9.17) is 5.73 Å². The molecule has 1 aromatic rings. The molecule has 0 fully saturated rings. The first-order valence-corrected chi connectivity index (χ1v) is 7.37. The number of rotatable bonds is 7. The molecule has 0 saturated heterocycles. The first kappa shape index (κ1) is 13.8. The van der Waals surface area contributed by atoms with Gasteiger partial charge in [0.05, 0.1) is 0 Å². The number of thiophene rings is 1. The van der Waals surface area contributed by atoms with Crippen LogP contribution in [0.4, 0.5) is 0 Å². The molecule has 0 spiro atoms. The van der Waals surface area contributed by atoms with Crippen molar-refractivity contribution in [3.8, 4) is 0 Å². The zero-order valence-electron chi connectivity index (χ0n) is 9.98. The van der Waals surface area contributed by atoms with Crippen LogP contribution in [0.1, 0.15) is 9.75 Å². The molecule has 0 atom stereocenters. The Morgan fingerprint density at radius 3 is 2.94 bits per heavy atom. The molecule has 0 bridgehead atoms. The van der Waals surface area contributed by atoms with Crippen molar-refractivity contribution in [3.63, 3.8) is 0 Å². The molecular formula is C12H20N2S2. The van der Waals surface area contributed by atoms with Crippen molar-refractivity contribution in [3.05, 3.63) is 28.0 Å². The Morgan fingerprint density at radius 2 is 2.25 bits per heavy atom. The standard InChI is InChI=1S/C12H20N2S2/c1-14(2)8-3-4-11-5-6-12(16-11)10-15-9-7-13/h3-6H,7-10,13H2,1-2H3. The maximum atomic E-state index is 5.46. The van der Waals surface area contributed by atoms with Crippen molar-refractivity contribution in [2.24, 2.45) is 5.73 Å². The molecule has 1 rings (SSSR count). The molecule has 90 valence electrons. The number of thioether (sulfide) groups is 1. The third kappa shape index (κ3) is 5.70. The summed E-state index contributed by atoms with van der Waals surface area (Å²) in [6, 6.07) is 4.40. The van der Waals surface area contributed by atoms with E-state index in [1.165, 1.54) is 9.75 Å². The highest BCUT2D eigenvalue weighted by atomic mass is 32.2. The first-order valence-electron chi connectivity index (χ1n) is 5.40. The van der Waals surface area contributed by atoms with Gasteiger partial charge >= 0.3 is 0 Å². The van der Waals surface area contributed by atoms with E-state index >= 15 is 0 Å². The monoisotopic (exact) mass is 256 g/mol. The van der Waals surface area contributed by atoms with E-state index in [9.17, 15) is 0 Å². The number of likely N-dealkylation sites (N-methyl/N-ethyl adjacent to an activating group) is 1. The second-order valence-electron chi connectivity index (χ2n) is 3.81. The van der Waals surface area contributed by atoms with E-state index in [0.29, 0.717) is 0 Å². The highest BCUT2D eigenvalue weighted by molar-refractivity contribution is 7.98. The quantitative estimate of drug-likeness (QED) is 0.760. The average Bonchev–Trinajstić information content (AvgIpc) is 2.66. The fourth-order valence-corrected chi connectivity index (χ4v) is 3.03. The van der Waals surface area contributed by atoms with Crippen LogP contribution in [-0.4, -0.2) is 37.8 Å². The summed E-state index contributed by atoms with van der Waals surface area (Å²) in [4.78, 5) is 4.93. The maximum absolute atomic E-state index is 5.46. The smallest absolute Gasteiger partial charge is 0.0279 e. The van der Waals surface area contributed by atoms with Crippen molar-refractivity contribution in [1.29, 1.82) is 0 Å². The predicted octanol–water partition coefficient (Wildman–Crippen LogP) is 2.51. The molecule has 2 N–H and O–H groups in total. The summed E-state index contributed by atoms with van der Waals surface area (Å²) >= 11 is 3.77. The molecule has 0 aromatic carbocycles. The SMILES string of the molecule is CN(C)CC=Cc1ccc(CSCCN)s1. The van der Waals surface area contributed by atoms with Gasteiger partial charge in [-0.2, -0.15) is 11.8 Å². The van der Waals surface area contributed by atoms with Crippen LogP contribution in [0.3, 0.4) is 0 Å². The van der Waals surface area contributed by atoms with Crippen LogP contribution in [0.25, 0.3) is 6.08 Å². The lowest BCUT2D eigenvalue weighted by Crippen LogP contribution is -2.10. The second kappa shape index (κ2) is 7.90. The topological polar surface area (TPSA) is 29.3 Å². The highest BCUT2D eigenvalue weighted by Gasteiger charge is 1.97. The molecule has 0 amide bonds. The molecule has 0 aliphatic rings. The van der Waals surface area contributed by atoms with E-state index in [1.807, 2.05) is 23.1 Å². The van der Waals surface area contributed by atoms with E-state index in [2.05, 4.69) is 43.3 Å². The van der Waals surface area contributed by atoms with E-state index in [0.717, 1.165) is 24.6 Å². The van der Waals surface area contributed by atoms with Gasteiger partial charge < -0.3 is 10.6 Å². The van der Waals surface area contributed by atoms with Crippen molar-refractivity contribution in [1.82, 2.24) is 4.90 Å². The van der Waals surface area contributed by atoms with Gasteiger partial charge in [0.1, 0.15) is 0 Å². The first-order chi connectivity index (χ1) is 7.72. The third-order valence-corrected chi connectivity index (χ3v) is 4.21. The van der Waals surface area contributed by atoms with Gasteiger partial charge in [-0.05, 0) is 32.3 Å². The lowest BCUT2D eigenvalue weighted by molar-refractivity contribution is 0.457. The number of hydrogen-bond donors (Lipinski definition) is 1. The molecule has 1 aromatic heterocycles. The highest BCUT2D eigenvalue weighted by Crippen LogP contribution is 2.22. The van der Waals surface area contributed by atoms with Crippen molar-refractivity contribution >= 4 is 29.2 Å². The fourth-order valence-electron chi connectivity index (χ4n) is 1.20. The summed E-state index contributed by atoms with van der Waals surface area (Å²) in [6.45, 7) is 1.76. The molecule has 4 heteroatoms. The van der Waals surface area contributed by atoms with Crippen molar-refractivity contribution in [2.75, 3.05) is 32.9 Å². The van der Waals surface area contributed by atoms with Gasteiger partial charge in [-0.3, -0.25) is 0 Å². The van der Waals surface area contributed by atoms with Gasteiger partial charge in [-0.1, -0.05) is 6.08 Å². The second-order valence-corrected chi connectivity index (χ2v) is 6.12. The molecule has 2 nitrogen and oxygen atoms in total. The normalized spacial score (nSPS) is 11.8. The average molecular weight is 256 g/mol. The van der Waals surface area contributed by atoms with Gasteiger partial charge in [0.15, 0.2) is 0 Å². The fraction of sp³-hybridized carbons (Fsp3) is 0.500. The van der Waals surface area contributed by atoms with E-state index < -0.39 is 0 Å². The van der Waals surface area contributed by atoms with Gasteiger partial charge in [0.25, 0.3) is 0 Å². The molecule has 0 unspecified atom stereocenters. The van der Waals surface area contributed by atoms with E-state index in [1.54, 1.807) is 0 Å². The van der Waals surface area contributed by atoms with Crippen LogP contribution in [-0.2, 0) is 5.75 Å². The Balaban J connectivity index is 2.36. The van der Waals surface area contributed by atoms with Crippen LogP contribution in [0.15, 0.2) is 18.2 Å². The Hall–Kier alpha value is -0.290. The summed E-state index contributed by atoms with van der Waals surface area (Å²) < 4.78 is 0. The molecule has 0 aliphatic heterocycles. The van der Waals surface area contributed by atoms with Gasteiger partial charge in [-0.15, -0.1) is 11.3 Å². The summed E-state index contributed by atoms with van der Waals surface area (Å²) in [6.07, 6.45) is 4.39. The lowest BCUT2D eigenvalue weighted by atomic mass is 10.4. The van der Waals surface area contributed by atoms with Crippen LogP contribution >= 0.6 is 23.1 Å². The van der Waals surface area contributed by atoms with Crippen LogP contribution in [0.2, 0.25) is 0 Å². The number of hydrogen-bond acceptors (Lipinski definition) is 4. The molecule has 0 radical (unpaired) electrons. The molecule has 16 heavy (non-hydrogen) atoms. The van der Waals surface area contributed by atoms with Crippen molar-refractivity contribution < 1.29 is 0 Å². The van der Waals surface area contributed by atoms with Gasteiger partial charge in [-0.25, -0.2) is 0 Å². The summed E-state index contributed by atoms with van der Waals surface area (Å²) in [5.74, 6) is 2.13. The molecule has 1 heterocycles. The summed E-state index contributed by atoms with van der Waals surface area (Å²) in [5.41, 5.74) is 5.46.